The summed E-state index contributed by atoms with van der Waals surface area (Å²) in [5.41, 5.74) is 2.13. The summed E-state index contributed by atoms with van der Waals surface area (Å²) in [7, 11) is 1.68. The average molecular weight is 258 g/mol. The number of methoxy groups -OCH3 is 1. The highest BCUT2D eigenvalue weighted by Crippen LogP contribution is 2.26. The Morgan fingerprint density at radius 1 is 1.32 bits per heavy atom. The van der Waals surface area contributed by atoms with Crippen molar-refractivity contribution in [3.63, 3.8) is 0 Å². The third-order valence-corrected chi connectivity index (χ3v) is 3.46. The van der Waals surface area contributed by atoms with Crippen molar-refractivity contribution in [1.29, 1.82) is 0 Å². The first-order chi connectivity index (χ1) is 9.36. The first kappa shape index (κ1) is 12.4. The van der Waals surface area contributed by atoms with Crippen molar-refractivity contribution in [2.45, 2.75) is 12.5 Å². The van der Waals surface area contributed by atoms with Gasteiger partial charge in [0.15, 0.2) is 0 Å². The summed E-state index contributed by atoms with van der Waals surface area (Å²) in [6.45, 7) is 2.66. The Morgan fingerprint density at radius 3 is 3.16 bits per heavy atom. The van der Waals surface area contributed by atoms with E-state index in [9.17, 15) is 0 Å². The fourth-order valence-electron chi connectivity index (χ4n) is 2.41. The number of ether oxygens (including phenoxy) is 2. The van der Waals surface area contributed by atoms with Crippen LogP contribution in [0.25, 0.3) is 10.9 Å². The van der Waals surface area contributed by atoms with Crippen molar-refractivity contribution in [3.05, 3.63) is 36.0 Å². The van der Waals surface area contributed by atoms with Crippen LogP contribution in [-0.4, -0.2) is 31.8 Å². The summed E-state index contributed by atoms with van der Waals surface area (Å²) in [5.74, 6) is 0.856. The van der Waals surface area contributed by atoms with Gasteiger partial charge in [0.25, 0.3) is 0 Å². The molecule has 4 heteroatoms. The zero-order valence-corrected chi connectivity index (χ0v) is 11.1. The highest BCUT2D eigenvalue weighted by molar-refractivity contribution is 5.80. The molecule has 0 bridgehead atoms. The largest absolute Gasteiger partial charge is 0.497 e. The highest BCUT2D eigenvalue weighted by atomic mass is 16.5. The van der Waals surface area contributed by atoms with Gasteiger partial charge in [-0.05, 0) is 42.8 Å². The molecule has 1 N–H and O–H groups in total. The maximum Gasteiger partial charge on any atom is 0.119 e. The first-order valence-electron chi connectivity index (χ1n) is 6.63. The molecule has 1 aliphatic rings. The van der Waals surface area contributed by atoms with Gasteiger partial charge < -0.3 is 14.8 Å². The van der Waals surface area contributed by atoms with Crippen molar-refractivity contribution in [2.75, 3.05) is 26.8 Å². The van der Waals surface area contributed by atoms with Gasteiger partial charge in [0.05, 0.1) is 25.3 Å². The van der Waals surface area contributed by atoms with Crippen molar-refractivity contribution in [3.8, 4) is 5.75 Å². The van der Waals surface area contributed by atoms with Crippen LogP contribution in [0.15, 0.2) is 30.5 Å². The molecule has 1 atom stereocenters. The summed E-state index contributed by atoms with van der Waals surface area (Å²) < 4.78 is 11.1. The maximum atomic E-state index is 5.86. The van der Waals surface area contributed by atoms with Crippen molar-refractivity contribution < 1.29 is 9.47 Å². The van der Waals surface area contributed by atoms with E-state index in [4.69, 9.17) is 9.47 Å². The fraction of sp³-hybridized carbons (Fsp3) is 0.400. The Morgan fingerprint density at radius 2 is 2.26 bits per heavy atom. The smallest absolute Gasteiger partial charge is 0.119 e. The molecule has 2 aromatic rings. The van der Waals surface area contributed by atoms with Gasteiger partial charge in [-0.15, -0.1) is 0 Å². The minimum absolute atomic E-state index is 0.137. The summed E-state index contributed by atoms with van der Waals surface area (Å²) in [5, 5.41) is 4.43. The summed E-state index contributed by atoms with van der Waals surface area (Å²) in [6.07, 6.45) is 3.04. The van der Waals surface area contributed by atoms with E-state index in [1.807, 2.05) is 24.4 Å². The van der Waals surface area contributed by atoms with Gasteiger partial charge in [-0.3, -0.25) is 4.98 Å². The van der Waals surface area contributed by atoms with Gasteiger partial charge in [-0.2, -0.15) is 0 Å². The zero-order valence-electron chi connectivity index (χ0n) is 11.1. The van der Waals surface area contributed by atoms with Crippen LogP contribution in [0, 0.1) is 0 Å². The Labute approximate surface area is 112 Å². The molecule has 2 heterocycles. The lowest BCUT2D eigenvalue weighted by atomic mass is 10.1. The van der Waals surface area contributed by atoms with Crippen LogP contribution in [0.4, 0.5) is 0 Å². The minimum Gasteiger partial charge on any atom is -0.497 e. The van der Waals surface area contributed by atoms with Gasteiger partial charge in [-0.25, -0.2) is 0 Å². The van der Waals surface area contributed by atoms with Crippen molar-refractivity contribution in [1.82, 2.24) is 10.3 Å². The SMILES string of the molecule is COc1ccc2ncc(C3CCNCCO3)cc2c1. The van der Waals surface area contributed by atoms with E-state index in [2.05, 4.69) is 16.4 Å². The number of nitrogens with one attached hydrogen (secondary N) is 1. The lowest BCUT2D eigenvalue weighted by molar-refractivity contribution is 0.0643. The second-order valence-corrected chi connectivity index (χ2v) is 4.73. The average Bonchev–Trinajstić information content (AvgIpc) is 2.75. The number of hydrogen-bond acceptors (Lipinski definition) is 4. The molecule has 0 amide bonds. The number of fused-ring (bicyclic) bond motifs is 1. The van der Waals surface area contributed by atoms with Gasteiger partial charge in [-0.1, -0.05) is 0 Å². The van der Waals surface area contributed by atoms with E-state index < -0.39 is 0 Å². The highest BCUT2D eigenvalue weighted by Gasteiger charge is 2.15. The molecule has 3 rings (SSSR count). The minimum atomic E-state index is 0.137. The molecule has 0 radical (unpaired) electrons. The normalized spacial score (nSPS) is 20.2. The Bertz CT molecular complexity index is 563. The molecule has 1 aromatic carbocycles. The Balaban J connectivity index is 1.94. The third kappa shape index (κ3) is 2.69. The summed E-state index contributed by atoms with van der Waals surface area (Å²) in [4.78, 5) is 4.51. The molecule has 19 heavy (non-hydrogen) atoms. The standard InChI is InChI=1S/C15H18N2O2/c1-18-13-2-3-14-11(9-13)8-12(10-17-14)15-4-5-16-6-7-19-15/h2-3,8-10,15-16H,4-7H2,1H3. The van der Waals surface area contributed by atoms with Crippen LogP contribution < -0.4 is 10.1 Å². The van der Waals surface area contributed by atoms with E-state index in [0.29, 0.717) is 0 Å². The van der Waals surface area contributed by atoms with Crippen LogP contribution in [0.2, 0.25) is 0 Å². The fourth-order valence-corrected chi connectivity index (χ4v) is 2.41. The number of pyridine rings is 1. The van der Waals surface area contributed by atoms with E-state index in [-0.39, 0.29) is 6.10 Å². The number of rotatable bonds is 2. The molecule has 1 saturated heterocycles. The van der Waals surface area contributed by atoms with Crippen LogP contribution in [0.3, 0.4) is 0 Å². The molecular formula is C15H18N2O2. The summed E-state index contributed by atoms with van der Waals surface area (Å²) >= 11 is 0. The zero-order chi connectivity index (χ0) is 13.1. The molecule has 0 spiro atoms. The molecule has 1 aliphatic heterocycles. The van der Waals surface area contributed by atoms with Gasteiger partial charge in [0.1, 0.15) is 5.75 Å². The number of aromatic nitrogens is 1. The molecule has 1 unspecified atom stereocenters. The van der Waals surface area contributed by atoms with Crippen LogP contribution >= 0.6 is 0 Å². The van der Waals surface area contributed by atoms with Crippen LogP contribution in [0.5, 0.6) is 5.75 Å². The van der Waals surface area contributed by atoms with Crippen molar-refractivity contribution in [2.24, 2.45) is 0 Å². The Kier molecular flexibility index (Phi) is 3.62. The lowest BCUT2D eigenvalue weighted by Gasteiger charge is -2.15. The molecular weight excluding hydrogens is 240 g/mol. The van der Waals surface area contributed by atoms with Gasteiger partial charge in [0, 0.05) is 18.1 Å². The predicted octanol–water partition coefficient (Wildman–Crippen LogP) is 2.29. The van der Waals surface area contributed by atoms with Gasteiger partial charge >= 0.3 is 0 Å². The third-order valence-electron chi connectivity index (χ3n) is 3.46. The Hall–Kier alpha value is -1.65. The number of hydrogen-bond donors (Lipinski definition) is 1. The second-order valence-electron chi connectivity index (χ2n) is 4.73. The van der Waals surface area contributed by atoms with Crippen LogP contribution in [-0.2, 0) is 4.74 Å². The first-order valence-corrected chi connectivity index (χ1v) is 6.63. The second kappa shape index (κ2) is 5.55. The molecule has 4 nitrogen and oxygen atoms in total. The van der Waals surface area contributed by atoms with Crippen LogP contribution in [0.1, 0.15) is 18.1 Å². The van der Waals surface area contributed by atoms with Gasteiger partial charge in [0.2, 0.25) is 0 Å². The van der Waals surface area contributed by atoms with E-state index in [1.54, 1.807) is 7.11 Å². The van der Waals surface area contributed by atoms with Crippen molar-refractivity contribution >= 4 is 10.9 Å². The lowest BCUT2D eigenvalue weighted by Crippen LogP contribution is -2.16. The molecule has 1 fully saturated rings. The topological polar surface area (TPSA) is 43.4 Å². The predicted molar refractivity (Wildman–Crippen MR) is 74.5 cm³/mol. The molecule has 1 aromatic heterocycles. The summed E-state index contributed by atoms with van der Waals surface area (Å²) in [6, 6.07) is 8.08. The quantitative estimate of drug-likeness (QED) is 0.897. The van der Waals surface area contributed by atoms with E-state index in [1.165, 1.54) is 0 Å². The molecule has 0 saturated carbocycles. The molecule has 0 aliphatic carbocycles. The molecule has 100 valence electrons. The van der Waals surface area contributed by atoms with E-state index in [0.717, 1.165) is 48.3 Å². The maximum absolute atomic E-state index is 5.86. The number of benzene rings is 1. The monoisotopic (exact) mass is 258 g/mol. The number of nitrogens with zero attached hydrogens (tertiary/aromatic N) is 1. The van der Waals surface area contributed by atoms with E-state index >= 15 is 0 Å².